The van der Waals surface area contributed by atoms with Crippen LogP contribution in [0, 0.1) is 0 Å². The highest BCUT2D eigenvalue weighted by molar-refractivity contribution is 5.71. The second-order valence-corrected chi connectivity index (χ2v) is 3.10. The van der Waals surface area contributed by atoms with Crippen molar-refractivity contribution >= 4 is 5.97 Å². The normalized spacial score (nSPS) is 10.2. The highest BCUT2D eigenvalue weighted by Gasteiger charge is 2.07. The molecule has 0 unspecified atom stereocenters. The van der Waals surface area contributed by atoms with Gasteiger partial charge >= 0.3 is 5.97 Å². The molecule has 0 aliphatic heterocycles. The van der Waals surface area contributed by atoms with Crippen LogP contribution in [0.4, 0.5) is 0 Å². The standard InChI is InChI=1S/C9H12N2O3/c1-6(2)14-9(13)5-7-10-4-3-8(12)11-7/h3-4,6H,5H2,1-2H3,(H,10,11,12). The van der Waals surface area contributed by atoms with Gasteiger partial charge < -0.3 is 9.72 Å². The predicted molar refractivity (Wildman–Crippen MR) is 49.8 cm³/mol. The van der Waals surface area contributed by atoms with Crippen molar-refractivity contribution in [2.45, 2.75) is 26.4 Å². The summed E-state index contributed by atoms with van der Waals surface area (Å²) < 4.78 is 4.89. The number of esters is 1. The molecule has 0 fully saturated rings. The van der Waals surface area contributed by atoms with Gasteiger partial charge in [-0.25, -0.2) is 4.98 Å². The van der Waals surface area contributed by atoms with Crippen LogP contribution in [0.5, 0.6) is 0 Å². The summed E-state index contributed by atoms with van der Waals surface area (Å²) in [5.74, 6) is -0.0718. The van der Waals surface area contributed by atoms with Crippen molar-refractivity contribution in [1.29, 1.82) is 0 Å². The first kappa shape index (κ1) is 10.4. The molecule has 1 N–H and O–H groups in total. The van der Waals surface area contributed by atoms with Gasteiger partial charge in [-0.15, -0.1) is 0 Å². The van der Waals surface area contributed by atoms with E-state index < -0.39 is 5.97 Å². The molecule has 0 saturated carbocycles. The lowest BCUT2D eigenvalue weighted by Crippen LogP contribution is -2.17. The monoisotopic (exact) mass is 196 g/mol. The van der Waals surface area contributed by atoms with E-state index in [9.17, 15) is 9.59 Å². The van der Waals surface area contributed by atoms with Crippen molar-refractivity contribution in [2.75, 3.05) is 0 Å². The van der Waals surface area contributed by atoms with Gasteiger partial charge in [-0.1, -0.05) is 0 Å². The van der Waals surface area contributed by atoms with E-state index in [1.165, 1.54) is 12.3 Å². The Morgan fingerprint density at radius 2 is 2.36 bits per heavy atom. The molecule has 0 aliphatic rings. The van der Waals surface area contributed by atoms with Gasteiger partial charge in [-0.2, -0.15) is 0 Å². The third-order valence-corrected chi connectivity index (χ3v) is 1.40. The lowest BCUT2D eigenvalue weighted by molar-refractivity contribution is -0.146. The topological polar surface area (TPSA) is 72.0 Å². The molecule has 0 radical (unpaired) electrons. The molecule has 1 aromatic heterocycles. The van der Waals surface area contributed by atoms with Gasteiger partial charge in [0.2, 0.25) is 0 Å². The number of carbonyl (C=O) groups is 1. The molecule has 1 aromatic rings. The van der Waals surface area contributed by atoms with Crippen LogP contribution >= 0.6 is 0 Å². The Bertz CT molecular complexity index is 370. The summed E-state index contributed by atoms with van der Waals surface area (Å²) in [5, 5.41) is 0. The van der Waals surface area contributed by atoms with Crippen LogP contribution in [0.3, 0.4) is 0 Å². The minimum atomic E-state index is -0.394. The number of hydrogen-bond donors (Lipinski definition) is 1. The molecule has 0 bridgehead atoms. The van der Waals surface area contributed by atoms with E-state index >= 15 is 0 Å². The number of nitrogens with one attached hydrogen (secondary N) is 1. The molecule has 0 amide bonds. The Kier molecular flexibility index (Phi) is 3.39. The first-order valence-electron chi connectivity index (χ1n) is 4.31. The number of hydrogen-bond acceptors (Lipinski definition) is 4. The lowest BCUT2D eigenvalue weighted by Gasteiger charge is -2.06. The Balaban J connectivity index is 2.61. The number of aromatic amines is 1. The summed E-state index contributed by atoms with van der Waals surface area (Å²) in [6.07, 6.45) is 1.20. The van der Waals surface area contributed by atoms with Gasteiger partial charge in [0.25, 0.3) is 5.56 Å². The lowest BCUT2D eigenvalue weighted by atomic mass is 10.4. The van der Waals surface area contributed by atoms with Crippen molar-refractivity contribution in [3.63, 3.8) is 0 Å². The second kappa shape index (κ2) is 4.55. The van der Waals surface area contributed by atoms with Crippen LogP contribution in [-0.4, -0.2) is 22.0 Å². The van der Waals surface area contributed by atoms with Crippen molar-refractivity contribution in [2.24, 2.45) is 0 Å². The van der Waals surface area contributed by atoms with Crippen LogP contribution in [0.25, 0.3) is 0 Å². The zero-order valence-corrected chi connectivity index (χ0v) is 8.11. The number of H-pyrrole nitrogens is 1. The molecule has 0 aromatic carbocycles. The van der Waals surface area contributed by atoms with E-state index in [-0.39, 0.29) is 18.1 Å². The molecule has 0 spiro atoms. The van der Waals surface area contributed by atoms with Gasteiger partial charge in [0.05, 0.1) is 6.10 Å². The van der Waals surface area contributed by atoms with Crippen LogP contribution < -0.4 is 5.56 Å². The van der Waals surface area contributed by atoms with E-state index in [4.69, 9.17) is 4.74 Å². The molecule has 0 saturated heterocycles. The molecule has 76 valence electrons. The number of nitrogens with zero attached hydrogens (tertiary/aromatic N) is 1. The Morgan fingerprint density at radius 1 is 1.64 bits per heavy atom. The predicted octanol–water partition coefficient (Wildman–Crippen LogP) is 0.264. The fourth-order valence-corrected chi connectivity index (χ4v) is 0.942. The van der Waals surface area contributed by atoms with E-state index in [1.54, 1.807) is 13.8 Å². The summed E-state index contributed by atoms with van der Waals surface area (Å²) in [7, 11) is 0. The van der Waals surface area contributed by atoms with Crippen LogP contribution in [0.15, 0.2) is 17.1 Å². The summed E-state index contributed by atoms with van der Waals surface area (Å²) in [6.45, 7) is 3.53. The third kappa shape index (κ3) is 3.38. The first-order valence-corrected chi connectivity index (χ1v) is 4.31. The Labute approximate surface area is 81.1 Å². The summed E-state index contributed by atoms with van der Waals surface area (Å²) >= 11 is 0. The van der Waals surface area contributed by atoms with E-state index in [0.29, 0.717) is 5.82 Å². The molecule has 5 nitrogen and oxygen atoms in total. The molecule has 14 heavy (non-hydrogen) atoms. The average molecular weight is 196 g/mol. The molecular weight excluding hydrogens is 184 g/mol. The van der Waals surface area contributed by atoms with Crippen LogP contribution in [-0.2, 0) is 16.0 Å². The van der Waals surface area contributed by atoms with Gasteiger partial charge in [0.1, 0.15) is 12.2 Å². The van der Waals surface area contributed by atoms with Crippen LogP contribution in [0.2, 0.25) is 0 Å². The minimum Gasteiger partial charge on any atom is -0.463 e. The van der Waals surface area contributed by atoms with Gasteiger partial charge in [0, 0.05) is 12.3 Å². The molecule has 1 rings (SSSR count). The number of carbonyl (C=O) groups excluding carboxylic acids is 1. The number of aromatic nitrogens is 2. The first-order chi connectivity index (χ1) is 6.58. The summed E-state index contributed by atoms with van der Waals surface area (Å²) in [4.78, 5) is 28.3. The third-order valence-electron chi connectivity index (χ3n) is 1.40. The fraction of sp³-hybridized carbons (Fsp3) is 0.444. The zero-order chi connectivity index (χ0) is 10.6. The molecular formula is C9H12N2O3. The Morgan fingerprint density at radius 3 is 2.93 bits per heavy atom. The number of ether oxygens (including phenoxy) is 1. The maximum atomic E-state index is 11.1. The van der Waals surface area contributed by atoms with Crippen LogP contribution in [0.1, 0.15) is 19.7 Å². The summed E-state index contributed by atoms with van der Waals surface area (Å²) in [5.41, 5.74) is -0.271. The van der Waals surface area contributed by atoms with Crippen molar-refractivity contribution in [3.05, 3.63) is 28.4 Å². The molecule has 0 atom stereocenters. The largest absolute Gasteiger partial charge is 0.463 e. The van der Waals surface area contributed by atoms with E-state index in [0.717, 1.165) is 0 Å². The Hall–Kier alpha value is -1.65. The smallest absolute Gasteiger partial charge is 0.313 e. The zero-order valence-electron chi connectivity index (χ0n) is 8.11. The summed E-state index contributed by atoms with van der Waals surface area (Å²) in [6, 6.07) is 1.29. The molecule has 0 aliphatic carbocycles. The van der Waals surface area contributed by atoms with E-state index in [2.05, 4.69) is 9.97 Å². The number of rotatable bonds is 3. The highest BCUT2D eigenvalue weighted by atomic mass is 16.5. The van der Waals surface area contributed by atoms with E-state index in [1.807, 2.05) is 0 Å². The SMILES string of the molecule is CC(C)OC(=O)Cc1nccc(=O)[nH]1. The van der Waals surface area contributed by atoms with Gasteiger partial charge in [-0.05, 0) is 13.8 Å². The average Bonchev–Trinajstić information content (AvgIpc) is 2.01. The van der Waals surface area contributed by atoms with Gasteiger partial charge in [-0.3, -0.25) is 9.59 Å². The minimum absolute atomic E-state index is 0.00569. The maximum absolute atomic E-state index is 11.1. The van der Waals surface area contributed by atoms with Crippen molar-refractivity contribution in [1.82, 2.24) is 9.97 Å². The molecule has 5 heteroatoms. The van der Waals surface area contributed by atoms with Crippen molar-refractivity contribution < 1.29 is 9.53 Å². The highest BCUT2D eigenvalue weighted by Crippen LogP contribution is 1.94. The fourth-order valence-electron chi connectivity index (χ4n) is 0.942. The quantitative estimate of drug-likeness (QED) is 0.704. The second-order valence-electron chi connectivity index (χ2n) is 3.10. The van der Waals surface area contributed by atoms with Crippen molar-refractivity contribution in [3.8, 4) is 0 Å². The van der Waals surface area contributed by atoms with Gasteiger partial charge in [0.15, 0.2) is 0 Å². The maximum Gasteiger partial charge on any atom is 0.313 e. The molecule has 1 heterocycles.